The van der Waals surface area contributed by atoms with Gasteiger partial charge in [0.1, 0.15) is 10.8 Å². The predicted molar refractivity (Wildman–Crippen MR) is 128 cm³/mol. The van der Waals surface area contributed by atoms with Crippen LogP contribution in [0.3, 0.4) is 0 Å². The van der Waals surface area contributed by atoms with Crippen LogP contribution < -0.4 is 15.4 Å². The van der Waals surface area contributed by atoms with Crippen molar-refractivity contribution < 1.29 is 9.53 Å². The van der Waals surface area contributed by atoms with Gasteiger partial charge in [0, 0.05) is 17.7 Å². The van der Waals surface area contributed by atoms with Crippen molar-refractivity contribution in [1.82, 2.24) is 30.4 Å². The van der Waals surface area contributed by atoms with Gasteiger partial charge in [-0.15, -0.1) is 10.2 Å². The third-order valence-electron chi connectivity index (χ3n) is 4.50. The second-order valence-electron chi connectivity index (χ2n) is 7.38. The van der Waals surface area contributed by atoms with E-state index >= 15 is 0 Å². The number of carbonyl (C=O) groups is 1. The summed E-state index contributed by atoms with van der Waals surface area (Å²) in [7, 11) is 0. The molecule has 2 heterocycles. The second kappa shape index (κ2) is 9.41. The summed E-state index contributed by atoms with van der Waals surface area (Å²) in [6.45, 7) is 6.23. The van der Waals surface area contributed by atoms with Crippen LogP contribution in [0.1, 0.15) is 35.6 Å². The zero-order valence-corrected chi connectivity index (χ0v) is 19.5. The highest BCUT2D eigenvalue weighted by Crippen LogP contribution is 2.25. The molecule has 4 rings (SSSR count). The number of nitrogens with zero attached hydrogens (tertiary/aromatic N) is 4. The van der Waals surface area contributed by atoms with Gasteiger partial charge in [-0.25, -0.2) is 0 Å². The van der Waals surface area contributed by atoms with Crippen LogP contribution in [0.2, 0.25) is 0 Å². The molecule has 0 aliphatic carbocycles. The molecule has 0 spiro atoms. The van der Waals surface area contributed by atoms with Crippen molar-refractivity contribution in [2.45, 2.75) is 33.4 Å². The number of thiocarbonyl (C=S) groups is 1. The smallest absolute Gasteiger partial charge is 0.257 e. The fraction of sp³-hybridized carbons (Fsp3) is 0.227. The third kappa shape index (κ3) is 5.09. The molecule has 0 atom stereocenters. The number of nitrogens with one attached hydrogen (secondary N) is 2. The average Bonchev–Trinajstić information content (AvgIpc) is 3.34. The summed E-state index contributed by atoms with van der Waals surface area (Å²) in [5.41, 5.74) is 2.51. The van der Waals surface area contributed by atoms with E-state index in [9.17, 15) is 4.79 Å². The highest BCUT2D eigenvalue weighted by atomic mass is 32.1. The first-order valence-corrected chi connectivity index (χ1v) is 11.3. The van der Waals surface area contributed by atoms with E-state index in [1.807, 2.05) is 51.1 Å². The van der Waals surface area contributed by atoms with Gasteiger partial charge in [0.05, 0.1) is 6.10 Å². The van der Waals surface area contributed by atoms with Gasteiger partial charge < -0.3 is 10.1 Å². The van der Waals surface area contributed by atoms with Gasteiger partial charge in [0.15, 0.2) is 10.9 Å². The number of fused-ring (bicyclic) bond motifs is 1. The first kappa shape index (κ1) is 21.8. The van der Waals surface area contributed by atoms with Crippen molar-refractivity contribution in [3.05, 3.63) is 65.5 Å². The minimum Gasteiger partial charge on any atom is -0.491 e. The van der Waals surface area contributed by atoms with Crippen LogP contribution in [0, 0.1) is 6.92 Å². The Hall–Kier alpha value is -3.37. The first-order chi connectivity index (χ1) is 15.4. The molecule has 0 radical (unpaired) electrons. The van der Waals surface area contributed by atoms with Gasteiger partial charge >= 0.3 is 0 Å². The number of ether oxygens (including phenoxy) is 1. The zero-order valence-electron chi connectivity index (χ0n) is 17.8. The van der Waals surface area contributed by atoms with Crippen LogP contribution >= 0.6 is 23.6 Å². The summed E-state index contributed by atoms with van der Waals surface area (Å²) in [5.74, 6) is 1.12. The van der Waals surface area contributed by atoms with E-state index < -0.39 is 0 Å². The minimum atomic E-state index is -0.286. The van der Waals surface area contributed by atoms with Crippen molar-refractivity contribution in [2.75, 3.05) is 0 Å². The van der Waals surface area contributed by atoms with Gasteiger partial charge in [0.2, 0.25) is 4.96 Å². The molecule has 0 fully saturated rings. The van der Waals surface area contributed by atoms with Crippen molar-refractivity contribution in [3.63, 3.8) is 0 Å². The lowest BCUT2D eigenvalue weighted by Crippen LogP contribution is -2.38. The standard InChI is InChI=1S/C22H22N6O2S2/c1-13(2)30-18-6-4-5-17(11-18)19(29)24-21(31)23-12-15-7-9-16(10-8-15)20-27-28-14(3)25-26-22(28)32-20/h4-11,13H,12H2,1-3H3,(H2,23,24,29,31). The van der Waals surface area contributed by atoms with Crippen molar-refractivity contribution >= 4 is 39.5 Å². The molecule has 0 aliphatic rings. The van der Waals surface area contributed by atoms with Crippen LogP contribution in [-0.2, 0) is 6.54 Å². The quantitative estimate of drug-likeness (QED) is 0.418. The highest BCUT2D eigenvalue weighted by Gasteiger charge is 2.11. The molecule has 0 saturated heterocycles. The van der Waals surface area contributed by atoms with Crippen molar-refractivity contribution in [2.24, 2.45) is 0 Å². The van der Waals surface area contributed by atoms with Crippen molar-refractivity contribution in [3.8, 4) is 16.3 Å². The molecule has 0 unspecified atom stereocenters. The zero-order chi connectivity index (χ0) is 22.7. The summed E-state index contributed by atoms with van der Waals surface area (Å²) in [6.07, 6.45) is 0.0330. The fourth-order valence-electron chi connectivity index (χ4n) is 2.98. The molecule has 0 saturated carbocycles. The molecule has 2 aromatic heterocycles. The second-order valence-corrected chi connectivity index (χ2v) is 8.74. The van der Waals surface area contributed by atoms with E-state index in [1.165, 1.54) is 11.3 Å². The number of amides is 1. The Kier molecular flexibility index (Phi) is 6.42. The minimum absolute atomic E-state index is 0.0330. The Morgan fingerprint density at radius 3 is 2.69 bits per heavy atom. The van der Waals surface area contributed by atoms with E-state index in [-0.39, 0.29) is 17.1 Å². The van der Waals surface area contributed by atoms with Crippen LogP contribution in [0.25, 0.3) is 15.5 Å². The van der Waals surface area contributed by atoms with Gasteiger partial charge in [-0.2, -0.15) is 9.61 Å². The lowest BCUT2D eigenvalue weighted by molar-refractivity contribution is 0.0976. The molecule has 32 heavy (non-hydrogen) atoms. The Morgan fingerprint density at radius 2 is 1.97 bits per heavy atom. The lowest BCUT2D eigenvalue weighted by atomic mass is 10.1. The summed E-state index contributed by atoms with van der Waals surface area (Å²) >= 11 is 6.76. The predicted octanol–water partition coefficient (Wildman–Crippen LogP) is 3.75. The fourth-order valence-corrected chi connectivity index (χ4v) is 4.04. The number of hydrogen-bond donors (Lipinski definition) is 2. The molecule has 8 nitrogen and oxygen atoms in total. The number of benzene rings is 2. The van der Waals surface area contributed by atoms with E-state index in [4.69, 9.17) is 17.0 Å². The molecular formula is C22H22N6O2S2. The number of hydrogen-bond acceptors (Lipinski definition) is 7. The van der Waals surface area contributed by atoms with Crippen LogP contribution in [0.15, 0.2) is 48.5 Å². The Balaban J connectivity index is 1.32. The Labute approximate surface area is 194 Å². The molecule has 0 bridgehead atoms. The lowest BCUT2D eigenvalue weighted by Gasteiger charge is -2.12. The number of rotatable bonds is 6. The molecule has 2 aromatic carbocycles. The van der Waals surface area contributed by atoms with Crippen LogP contribution in [0.4, 0.5) is 0 Å². The van der Waals surface area contributed by atoms with E-state index in [1.54, 1.807) is 22.7 Å². The maximum Gasteiger partial charge on any atom is 0.257 e. The van der Waals surface area contributed by atoms with Gasteiger partial charge in [-0.1, -0.05) is 41.7 Å². The summed E-state index contributed by atoms with van der Waals surface area (Å²) in [5, 5.41) is 19.6. The number of aryl methyl sites for hydroxylation is 1. The summed E-state index contributed by atoms with van der Waals surface area (Å²) in [6, 6.07) is 15.0. The molecule has 10 heteroatoms. The molecule has 0 aliphatic heterocycles. The van der Waals surface area contributed by atoms with Crippen LogP contribution in [0.5, 0.6) is 5.75 Å². The SMILES string of the molecule is Cc1nnc2sc(-c3ccc(CNC(=S)NC(=O)c4cccc(OC(C)C)c4)cc3)nn12. The number of aromatic nitrogens is 4. The van der Waals surface area contributed by atoms with E-state index in [0.29, 0.717) is 17.9 Å². The Morgan fingerprint density at radius 1 is 1.19 bits per heavy atom. The average molecular weight is 467 g/mol. The number of carbonyl (C=O) groups excluding carboxylic acids is 1. The molecule has 2 N–H and O–H groups in total. The first-order valence-electron chi connectivity index (χ1n) is 10.0. The summed E-state index contributed by atoms with van der Waals surface area (Å²) < 4.78 is 7.37. The maximum atomic E-state index is 12.5. The van der Waals surface area contributed by atoms with E-state index in [0.717, 1.165) is 26.9 Å². The normalized spacial score (nSPS) is 11.0. The molecular weight excluding hydrogens is 444 g/mol. The monoisotopic (exact) mass is 466 g/mol. The molecule has 1 amide bonds. The van der Waals surface area contributed by atoms with Crippen molar-refractivity contribution in [1.29, 1.82) is 0 Å². The van der Waals surface area contributed by atoms with E-state index in [2.05, 4.69) is 25.9 Å². The third-order valence-corrected chi connectivity index (χ3v) is 5.69. The molecule has 4 aromatic rings. The van der Waals surface area contributed by atoms with Gasteiger partial charge in [0.25, 0.3) is 5.91 Å². The molecule has 164 valence electrons. The largest absolute Gasteiger partial charge is 0.491 e. The summed E-state index contributed by atoms with van der Waals surface area (Å²) in [4.78, 5) is 13.2. The van der Waals surface area contributed by atoms with Gasteiger partial charge in [-0.05, 0) is 56.8 Å². The van der Waals surface area contributed by atoms with Gasteiger partial charge in [-0.3, -0.25) is 10.1 Å². The topological polar surface area (TPSA) is 93.4 Å². The maximum absolute atomic E-state index is 12.5. The Bertz CT molecular complexity index is 1260. The highest BCUT2D eigenvalue weighted by molar-refractivity contribution is 7.80. The van der Waals surface area contributed by atoms with Crippen LogP contribution in [-0.4, -0.2) is 36.9 Å².